The predicted molar refractivity (Wildman–Crippen MR) is 63.5 cm³/mol. The van der Waals surface area contributed by atoms with Crippen molar-refractivity contribution in [2.45, 2.75) is 19.3 Å². The SMILES string of the molecule is CN(C)C(=O)NCC(=O)NCC1(CO)CCC1. The number of nitrogens with zero attached hydrogens (tertiary/aromatic N) is 1. The summed E-state index contributed by atoms with van der Waals surface area (Å²) >= 11 is 0. The summed E-state index contributed by atoms with van der Waals surface area (Å²) in [6.07, 6.45) is 3.01. The van der Waals surface area contributed by atoms with Gasteiger partial charge in [0, 0.05) is 26.1 Å². The molecule has 0 unspecified atom stereocenters. The first kappa shape index (κ1) is 13.8. The fourth-order valence-electron chi connectivity index (χ4n) is 1.73. The largest absolute Gasteiger partial charge is 0.396 e. The quantitative estimate of drug-likeness (QED) is 0.611. The van der Waals surface area contributed by atoms with Gasteiger partial charge in [0.2, 0.25) is 5.91 Å². The minimum atomic E-state index is -0.291. The summed E-state index contributed by atoms with van der Waals surface area (Å²) in [5.41, 5.74) is -0.124. The molecule has 3 N–H and O–H groups in total. The fourth-order valence-corrected chi connectivity index (χ4v) is 1.73. The molecule has 1 aliphatic rings. The first-order valence-corrected chi connectivity index (χ1v) is 5.82. The van der Waals surface area contributed by atoms with Gasteiger partial charge < -0.3 is 20.6 Å². The van der Waals surface area contributed by atoms with Crippen molar-refractivity contribution >= 4 is 11.9 Å². The van der Waals surface area contributed by atoms with Crippen LogP contribution in [0.5, 0.6) is 0 Å². The average Bonchev–Trinajstić information content (AvgIpc) is 2.24. The third-order valence-corrected chi connectivity index (χ3v) is 3.22. The van der Waals surface area contributed by atoms with Gasteiger partial charge in [-0.1, -0.05) is 6.42 Å². The highest BCUT2D eigenvalue weighted by molar-refractivity contribution is 5.83. The minimum Gasteiger partial charge on any atom is -0.396 e. The van der Waals surface area contributed by atoms with Crippen molar-refractivity contribution < 1.29 is 14.7 Å². The van der Waals surface area contributed by atoms with Crippen LogP contribution in [0.15, 0.2) is 0 Å². The molecule has 0 aromatic carbocycles. The molecule has 3 amide bonds. The van der Waals surface area contributed by atoms with Crippen LogP contribution in [-0.4, -0.2) is 55.7 Å². The monoisotopic (exact) mass is 243 g/mol. The lowest BCUT2D eigenvalue weighted by Gasteiger charge is -2.40. The summed E-state index contributed by atoms with van der Waals surface area (Å²) in [4.78, 5) is 24.0. The van der Waals surface area contributed by atoms with Gasteiger partial charge in [-0.2, -0.15) is 0 Å². The zero-order chi connectivity index (χ0) is 12.9. The van der Waals surface area contributed by atoms with Gasteiger partial charge >= 0.3 is 6.03 Å². The lowest BCUT2D eigenvalue weighted by Crippen LogP contribution is -2.47. The van der Waals surface area contributed by atoms with E-state index in [4.69, 9.17) is 0 Å². The normalized spacial score (nSPS) is 16.9. The Bertz CT molecular complexity index is 282. The highest BCUT2D eigenvalue weighted by Gasteiger charge is 2.36. The van der Waals surface area contributed by atoms with Gasteiger partial charge in [-0.25, -0.2) is 4.79 Å². The minimum absolute atomic E-state index is 0.0292. The molecule has 0 bridgehead atoms. The Morgan fingerprint density at radius 2 is 1.94 bits per heavy atom. The molecule has 98 valence electrons. The Morgan fingerprint density at radius 1 is 1.29 bits per heavy atom. The molecule has 1 rings (SSSR count). The number of hydrogen-bond acceptors (Lipinski definition) is 3. The number of amides is 3. The topological polar surface area (TPSA) is 81.7 Å². The van der Waals surface area contributed by atoms with Gasteiger partial charge in [0.1, 0.15) is 0 Å². The molecule has 6 heteroatoms. The van der Waals surface area contributed by atoms with Crippen LogP contribution < -0.4 is 10.6 Å². The first-order chi connectivity index (χ1) is 7.99. The maximum absolute atomic E-state index is 11.4. The van der Waals surface area contributed by atoms with Crippen LogP contribution in [0.2, 0.25) is 0 Å². The molecule has 0 saturated heterocycles. The molecular weight excluding hydrogens is 222 g/mol. The number of nitrogens with one attached hydrogen (secondary N) is 2. The Labute approximate surface area is 101 Å². The van der Waals surface area contributed by atoms with E-state index in [1.165, 1.54) is 4.90 Å². The van der Waals surface area contributed by atoms with Gasteiger partial charge in [0.15, 0.2) is 0 Å². The van der Waals surface area contributed by atoms with Crippen molar-refractivity contribution in [3.63, 3.8) is 0 Å². The van der Waals surface area contributed by atoms with Crippen LogP contribution >= 0.6 is 0 Å². The van der Waals surface area contributed by atoms with Crippen molar-refractivity contribution in [1.82, 2.24) is 15.5 Å². The molecule has 17 heavy (non-hydrogen) atoms. The van der Waals surface area contributed by atoms with Crippen LogP contribution in [0.4, 0.5) is 4.79 Å². The molecule has 0 radical (unpaired) electrons. The second-order valence-corrected chi connectivity index (χ2v) is 4.84. The second-order valence-electron chi connectivity index (χ2n) is 4.84. The second kappa shape index (κ2) is 5.86. The smallest absolute Gasteiger partial charge is 0.317 e. The summed E-state index contributed by atoms with van der Waals surface area (Å²) in [5, 5.41) is 14.4. The molecule has 6 nitrogen and oxygen atoms in total. The Balaban J connectivity index is 2.19. The molecule has 1 aliphatic carbocycles. The van der Waals surface area contributed by atoms with Crippen molar-refractivity contribution in [3.05, 3.63) is 0 Å². The number of hydrogen-bond donors (Lipinski definition) is 3. The molecule has 1 fully saturated rings. The van der Waals surface area contributed by atoms with E-state index in [1.807, 2.05) is 0 Å². The molecule has 0 atom stereocenters. The Morgan fingerprint density at radius 3 is 2.35 bits per heavy atom. The average molecular weight is 243 g/mol. The van der Waals surface area contributed by atoms with E-state index in [-0.39, 0.29) is 30.5 Å². The summed E-state index contributed by atoms with van der Waals surface area (Å²) in [6.45, 7) is 0.566. The predicted octanol–water partition coefficient (Wildman–Crippen LogP) is -0.464. The summed E-state index contributed by atoms with van der Waals surface area (Å²) in [5.74, 6) is -0.222. The fraction of sp³-hybridized carbons (Fsp3) is 0.818. The van der Waals surface area contributed by atoms with E-state index in [2.05, 4.69) is 10.6 Å². The van der Waals surface area contributed by atoms with Crippen molar-refractivity contribution in [3.8, 4) is 0 Å². The standard InChI is InChI=1S/C11H21N3O3/c1-14(2)10(17)12-6-9(16)13-7-11(8-15)4-3-5-11/h15H,3-8H2,1-2H3,(H,12,17)(H,13,16). The van der Waals surface area contributed by atoms with Crippen LogP contribution in [0.1, 0.15) is 19.3 Å². The number of aliphatic hydroxyl groups is 1. The summed E-state index contributed by atoms with van der Waals surface area (Å²) in [6, 6.07) is -0.291. The molecule has 0 heterocycles. The van der Waals surface area contributed by atoms with Gasteiger partial charge in [-0.15, -0.1) is 0 Å². The number of aliphatic hydroxyl groups excluding tert-OH is 1. The van der Waals surface area contributed by atoms with Gasteiger partial charge in [-0.3, -0.25) is 4.79 Å². The van der Waals surface area contributed by atoms with Crippen molar-refractivity contribution in [2.24, 2.45) is 5.41 Å². The lowest BCUT2D eigenvalue weighted by molar-refractivity contribution is -0.121. The van der Waals surface area contributed by atoms with Gasteiger partial charge in [0.25, 0.3) is 0 Å². The zero-order valence-corrected chi connectivity index (χ0v) is 10.5. The molecular formula is C11H21N3O3. The van der Waals surface area contributed by atoms with Crippen LogP contribution in [-0.2, 0) is 4.79 Å². The molecule has 1 saturated carbocycles. The van der Waals surface area contributed by atoms with Crippen LogP contribution in [0.3, 0.4) is 0 Å². The maximum atomic E-state index is 11.4. The lowest BCUT2D eigenvalue weighted by atomic mass is 9.69. The van der Waals surface area contributed by atoms with Crippen molar-refractivity contribution in [1.29, 1.82) is 0 Å². The van der Waals surface area contributed by atoms with E-state index < -0.39 is 0 Å². The van der Waals surface area contributed by atoms with E-state index in [0.717, 1.165) is 19.3 Å². The number of urea groups is 1. The van der Waals surface area contributed by atoms with E-state index in [1.54, 1.807) is 14.1 Å². The summed E-state index contributed by atoms with van der Waals surface area (Å²) in [7, 11) is 3.23. The van der Waals surface area contributed by atoms with Crippen LogP contribution in [0, 0.1) is 5.41 Å². The Kier molecular flexibility index (Phi) is 4.74. The molecule has 0 aromatic rings. The summed E-state index contributed by atoms with van der Waals surface area (Å²) < 4.78 is 0. The van der Waals surface area contributed by atoms with E-state index >= 15 is 0 Å². The van der Waals surface area contributed by atoms with E-state index in [0.29, 0.717) is 6.54 Å². The first-order valence-electron chi connectivity index (χ1n) is 5.82. The van der Waals surface area contributed by atoms with Crippen molar-refractivity contribution in [2.75, 3.05) is 33.8 Å². The highest BCUT2D eigenvalue weighted by Crippen LogP contribution is 2.39. The van der Waals surface area contributed by atoms with Crippen LogP contribution in [0.25, 0.3) is 0 Å². The number of rotatable bonds is 5. The van der Waals surface area contributed by atoms with Gasteiger partial charge in [-0.05, 0) is 12.8 Å². The maximum Gasteiger partial charge on any atom is 0.317 e. The molecule has 0 aromatic heterocycles. The van der Waals surface area contributed by atoms with Gasteiger partial charge in [0.05, 0.1) is 13.2 Å². The third kappa shape index (κ3) is 3.89. The highest BCUT2D eigenvalue weighted by atomic mass is 16.3. The number of carbonyl (C=O) groups is 2. The molecule has 0 spiro atoms. The Hall–Kier alpha value is -1.30. The van der Waals surface area contributed by atoms with E-state index in [9.17, 15) is 14.7 Å². The number of carbonyl (C=O) groups excluding carboxylic acids is 2. The third-order valence-electron chi connectivity index (χ3n) is 3.22. The zero-order valence-electron chi connectivity index (χ0n) is 10.5. The molecule has 0 aliphatic heterocycles.